The zero-order chi connectivity index (χ0) is 17.3. The minimum atomic E-state index is -0.427. The lowest BCUT2D eigenvalue weighted by Crippen LogP contribution is -2.28. The molecule has 0 bridgehead atoms. The van der Waals surface area contributed by atoms with E-state index in [4.69, 9.17) is 0 Å². The second-order valence-electron chi connectivity index (χ2n) is 5.35. The van der Waals surface area contributed by atoms with Crippen molar-refractivity contribution < 1.29 is 9.72 Å². The van der Waals surface area contributed by atoms with Crippen LogP contribution in [0.3, 0.4) is 0 Å². The summed E-state index contributed by atoms with van der Waals surface area (Å²) in [7, 11) is 0. The lowest BCUT2D eigenvalue weighted by atomic mass is 10.1. The highest BCUT2D eigenvalue weighted by Gasteiger charge is 2.27. The molecule has 3 rings (SSSR count). The molecule has 0 saturated heterocycles. The number of carbonyl (C=O) groups excluding carboxylic acids is 1. The van der Waals surface area contributed by atoms with Crippen LogP contribution in [0.2, 0.25) is 0 Å². The fourth-order valence-corrected chi connectivity index (χ4v) is 3.97. The smallest absolute Gasteiger partial charge is 0.283 e. The van der Waals surface area contributed by atoms with E-state index in [1.165, 1.54) is 17.8 Å². The molecule has 2 aromatic rings. The van der Waals surface area contributed by atoms with E-state index in [1.54, 1.807) is 17.0 Å². The van der Waals surface area contributed by atoms with Gasteiger partial charge in [0.05, 0.1) is 9.82 Å². The van der Waals surface area contributed by atoms with Crippen LogP contribution in [0.15, 0.2) is 45.8 Å². The van der Waals surface area contributed by atoms with Crippen LogP contribution in [0.4, 0.5) is 11.4 Å². The Morgan fingerprint density at radius 2 is 2.12 bits per heavy atom. The van der Waals surface area contributed by atoms with Crippen molar-refractivity contribution in [3.8, 4) is 0 Å². The average molecular weight is 407 g/mol. The van der Waals surface area contributed by atoms with E-state index in [1.807, 2.05) is 25.1 Å². The van der Waals surface area contributed by atoms with Crippen LogP contribution in [-0.2, 0) is 6.42 Å². The zero-order valence-corrected chi connectivity index (χ0v) is 15.4. The molecular formula is C17H15BrN2O3S. The third-order valence-electron chi connectivity index (χ3n) is 3.88. The van der Waals surface area contributed by atoms with Crippen LogP contribution < -0.4 is 4.90 Å². The minimum Gasteiger partial charge on any atom is -0.308 e. The molecule has 1 aliphatic rings. The Morgan fingerprint density at radius 1 is 1.33 bits per heavy atom. The number of amides is 1. The Labute approximate surface area is 152 Å². The van der Waals surface area contributed by atoms with Crippen LogP contribution in [-0.4, -0.2) is 23.1 Å². The van der Waals surface area contributed by atoms with Crippen molar-refractivity contribution in [2.75, 3.05) is 17.2 Å². The lowest BCUT2D eigenvalue weighted by molar-refractivity contribution is -0.387. The molecule has 0 fully saturated rings. The van der Waals surface area contributed by atoms with Crippen LogP contribution in [0.5, 0.6) is 0 Å². The standard InChI is InChI=1S/C17H15BrN2O3S/c1-2-24-16-6-3-12(10-15(16)20(22)23)17(21)19-8-7-11-9-13(18)4-5-14(11)19/h3-6,9-10H,2,7-8H2,1H3. The van der Waals surface area contributed by atoms with Crippen molar-refractivity contribution in [2.45, 2.75) is 18.2 Å². The molecule has 2 aromatic carbocycles. The molecule has 0 radical (unpaired) electrons. The molecule has 0 spiro atoms. The van der Waals surface area contributed by atoms with Crippen molar-refractivity contribution in [3.63, 3.8) is 0 Å². The number of fused-ring (bicyclic) bond motifs is 1. The van der Waals surface area contributed by atoms with Crippen LogP contribution in [0.1, 0.15) is 22.8 Å². The van der Waals surface area contributed by atoms with E-state index in [0.717, 1.165) is 27.9 Å². The van der Waals surface area contributed by atoms with Gasteiger partial charge in [0.1, 0.15) is 0 Å². The van der Waals surface area contributed by atoms with Gasteiger partial charge in [0.2, 0.25) is 0 Å². The number of nitrogens with zero attached hydrogens (tertiary/aromatic N) is 2. The number of anilines is 1. The molecule has 1 heterocycles. The Morgan fingerprint density at radius 3 is 2.83 bits per heavy atom. The first-order valence-corrected chi connectivity index (χ1v) is 9.30. The molecule has 7 heteroatoms. The fourth-order valence-electron chi connectivity index (χ4n) is 2.81. The molecule has 24 heavy (non-hydrogen) atoms. The number of nitro groups is 1. The van der Waals surface area contributed by atoms with E-state index in [2.05, 4.69) is 15.9 Å². The van der Waals surface area contributed by atoms with E-state index >= 15 is 0 Å². The molecule has 0 N–H and O–H groups in total. The minimum absolute atomic E-state index is 0.0112. The molecule has 0 unspecified atom stereocenters. The maximum absolute atomic E-state index is 12.8. The van der Waals surface area contributed by atoms with Gasteiger partial charge in [-0.15, -0.1) is 11.8 Å². The third kappa shape index (κ3) is 3.18. The summed E-state index contributed by atoms with van der Waals surface area (Å²) in [5.74, 6) is 0.537. The van der Waals surface area contributed by atoms with Crippen molar-refractivity contribution in [1.29, 1.82) is 0 Å². The van der Waals surface area contributed by atoms with Gasteiger partial charge in [-0.3, -0.25) is 14.9 Å². The molecule has 5 nitrogen and oxygen atoms in total. The molecule has 1 aliphatic heterocycles. The molecule has 0 aliphatic carbocycles. The average Bonchev–Trinajstić information content (AvgIpc) is 2.97. The summed E-state index contributed by atoms with van der Waals surface area (Å²) in [6.45, 7) is 2.52. The number of benzene rings is 2. The van der Waals surface area contributed by atoms with Crippen LogP contribution in [0.25, 0.3) is 0 Å². The summed E-state index contributed by atoms with van der Waals surface area (Å²) in [6.07, 6.45) is 0.784. The first kappa shape index (κ1) is 17.0. The highest BCUT2D eigenvalue weighted by molar-refractivity contribution is 9.10. The summed E-state index contributed by atoms with van der Waals surface area (Å²) >= 11 is 4.84. The maximum Gasteiger partial charge on any atom is 0.283 e. The highest BCUT2D eigenvalue weighted by atomic mass is 79.9. The monoisotopic (exact) mass is 406 g/mol. The second-order valence-corrected chi connectivity index (χ2v) is 7.57. The van der Waals surface area contributed by atoms with E-state index in [0.29, 0.717) is 17.0 Å². The van der Waals surface area contributed by atoms with Gasteiger partial charge in [-0.05, 0) is 48.1 Å². The first-order chi connectivity index (χ1) is 11.5. The van der Waals surface area contributed by atoms with E-state index in [9.17, 15) is 14.9 Å². The summed E-state index contributed by atoms with van der Waals surface area (Å²) in [4.78, 5) is 26.0. The third-order valence-corrected chi connectivity index (χ3v) is 5.32. The van der Waals surface area contributed by atoms with Gasteiger partial charge in [-0.1, -0.05) is 22.9 Å². The largest absolute Gasteiger partial charge is 0.308 e. The Hall–Kier alpha value is -1.86. The molecular weight excluding hydrogens is 392 g/mol. The molecule has 124 valence electrons. The van der Waals surface area contributed by atoms with Crippen molar-refractivity contribution in [1.82, 2.24) is 0 Å². The normalized spacial score (nSPS) is 13.0. The Bertz CT molecular complexity index is 825. The first-order valence-electron chi connectivity index (χ1n) is 7.52. The van der Waals surface area contributed by atoms with E-state index < -0.39 is 4.92 Å². The lowest BCUT2D eigenvalue weighted by Gasteiger charge is -2.17. The topological polar surface area (TPSA) is 63.5 Å². The number of thioether (sulfide) groups is 1. The van der Waals surface area contributed by atoms with Gasteiger partial charge in [0, 0.05) is 28.3 Å². The molecule has 0 atom stereocenters. The summed E-state index contributed by atoms with van der Waals surface area (Å²) < 4.78 is 0.979. The van der Waals surface area contributed by atoms with Crippen LogP contribution in [0, 0.1) is 10.1 Å². The van der Waals surface area contributed by atoms with Gasteiger partial charge < -0.3 is 4.90 Å². The number of hydrogen-bond acceptors (Lipinski definition) is 4. The number of hydrogen-bond donors (Lipinski definition) is 0. The van der Waals surface area contributed by atoms with Crippen molar-refractivity contribution in [2.24, 2.45) is 0 Å². The number of nitro benzene ring substituents is 1. The van der Waals surface area contributed by atoms with E-state index in [-0.39, 0.29) is 11.6 Å². The number of carbonyl (C=O) groups is 1. The maximum atomic E-state index is 12.8. The molecule has 0 aromatic heterocycles. The predicted octanol–water partition coefficient (Wildman–Crippen LogP) is 4.67. The van der Waals surface area contributed by atoms with Crippen molar-refractivity contribution >= 4 is 45.0 Å². The molecule has 0 saturated carbocycles. The number of halogens is 1. The van der Waals surface area contributed by atoms with Gasteiger partial charge in [-0.2, -0.15) is 0 Å². The molecule has 1 amide bonds. The Kier molecular flexibility index (Phi) is 4.91. The predicted molar refractivity (Wildman–Crippen MR) is 99.0 cm³/mol. The van der Waals surface area contributed by atoms with Crippen molar-refractivity contribution in [3.05, 3.63) is 62.1 Å². The van der Waals surface area contributed by atoms with Gasteiger partial charge in [0.15, 0.2) is 0 Å². The van der Waals surface area contributed by atoms with Crippen LogP contribution >= 0.6 is 27.7 Å². The Balaban J connectivity index is 1.94. The number of rotatable bonds is 4. The summed E-state index contributed by atoms with van der Waals surface area (Å²) in [5, 5.41) is 11.3. The SMILES string of the molecule is CCSc1ccc(C(=O)N2CCc3cc(Br)ccc32)cc1[N+](=O)[O-]. The highest BCUT2D eigenvalue weighted by Crippen LogP contribution is 2.34. The van der Waals surface area contributed by atoms with Gasteiger partial charge in [0.25, 0.3) is 11.6 Å². The van der Waals surface area contributed by atoms with Gasteiger partial charge >= 0.3 is 0 Å². The summed E-state index contributed by atoms with van der Waals surface area (Å²) in [6, 6.07) is 10.5. The summed E-state index contributed by atoms with van der Waals surface area (Å²) in [5.41, 5.74) is 2.31. The zero-order valence-electron chi connectivity index (χ0n) is 13.0. The van der Waals surface area contributed by atoms with Gasteiger partial charge in [-0.25, -0.2) is 0 Å². The quantitative estimate of drug-likeness (QED) is 0.420. The fraction of sp³-hybridized carbons (Fsp3) is 0.235. The second kappa shape index (κ2) is 6.94.